The number of rotatable bonds is 2. The van der Waals surface area contributed by atoms with Crippen molar-refractivity contribution in [2.24, 2.45) is 5.73 Å². The Morgan fingerprint density at radius 2 is 1.57 bits per heavy atom. The van der Waals surface area contributed by atoms with E-state index >= 15 is 0 Å². The van der Waals surface area contributed by atoms with Gasteiger partial charge in [-0.1, -0.05) is 6.07 Å². The lowest BCUT2D eigenvalue weighted by Crippen LogP contribution is -2.13. The summed E-state index contributed by atoms with van der Waals surface area (Å²) in [4.78, 5) is 20.6. The number of nitrogens with two attached hydrogens (primary N) is 1. The number of amides is 1. The molecule has 0 radical (unpaired) electrons. The van der Waals surface area contributed by atoms with Gasteiger partial charge in [0.25, 0.3) is 5.91 Å². The lowest BCUT2D eigenvalue weighted by atomic mass is 10.2. The molecule has 0 aliphatic carbocycles. The Kier molecular flexibility index (Phi) is 5.36. The molecule has 4 N–H and O–H groups in total. The predicted octanol–water partition coefficient (Wildman–Crippen LogP) is 2.15. The maximum atomic E-state index is 12.6. The summed E-state index contributed by atoms with van der Waals surface area (Å²) < 4.78 is 24.9. The summed E-state index contributed by atoms with van der Waals surface area (Å²) >= 11 is 0. The quantitative estimate of drug-likeness (QED) is 0.790. The van der Waals surface area contributed by atoms with Crippen LogP contribution < -0.4 is 5.73 Å². The van der Waals surface area contributed by atoms with E-state index in [9.17, 15) is 18.4 Å². The van der Waals surface area contributed by atoms with Crippen LogP contribution in [0.3, 0.4) is 0 Å². The highest BCUT2D eigenvalue weighted by atomic mass is 19.2. The van der Waals surface area contributed by atoms with Gasteiger partial charge in [0, 0.05) is 0 Å². The van der Waals surface area contributed by atoms with Gasteiger partial charge in [0.2, 0.25) is 0 Å². The number of aromatic carboxylic acids is 1. The van der Waals surface area contributed by atoms with Crippen molar-refractivity contribution in [2.75, 3.05) is 0 Å². The second-order valence-electron chi connectivity index (χ2n) is 3.82. The zero-order chi connectivity index (χ0) is 16.0. The maximum absolute atomic E-state index is 12.6. The number of benzene rings is 2. The fourth-order valence-corrected chi connectivity index (χ4v) is 1.30. The zero-order valence-corrected chi connectivity index (χ0v) is 10.6. The fourth-order valence-electron chi connectivity index (χ4n) is 1.30. The third-order valence-corrected chi connectivity index (χ3v) is 2.33. The smallest absolute Gasteiger partial charge is 0.335 e. The van der Waals surface area contributed by atoms with Gasteiger partial charge in [0.05, 0.1) is 11.1 Å². The van der Waals surface area contributed by atoms with E-state index in [1.807, 2.05) is 0 Å². The average molecular weight is 295 g/mol. The second kappa shape index (κ2) is 6.99. The van der Waals surface area contributed by atoms with Gasteiger partial charge < -0.3 is 15.9 Å². The minimum Gasteiger partial charge on any atom is -0.508 e. The standard InChI is InChI=1S/C7H5F2NO.C7H6O3/c8-5-3-1-2-4(6(5)9)7(10)11;8-6-3-1-5(2-4-6)7(9)10/h1-3H,(H2,10,11);1-4,8H,(H,9,10). The van der Waals surface area contributed by atoms with Crippen LogP contribution in [-0.2, 0) is 0 Å². The number of carboxylic acid groups (broad SMARTS) is 1. The summed E-state index contributed by atoms with van der Waals surface area (Å²) in [5.41, 5.74) is 4.49. The number of hydrogen-bond donors (Lipinski definition) is 3. The molecule has 1 amide bonds. The minimum atomic E-state index is -1.19. The van der Waals surface area contributed by atoms with E-state index in [0.29, 0.717) is 0 Å². The number of carbonyl (C=O) groups is 2. The molecular formula is C14H11F2NO4. The van der Waals surface area contributed by atoms with Crippen LogP contribution in [-0.4, -0.2) is 22.1 Å². The third kappa shape index (κ3) is 4.57. The fraction of sp³-hybridized carbons (Fsp3) is 0. The van der Waals surface area contributed by atoms with Gasteiger partial charge in [-0.15, -0.1) is 0 Å². The van der Waals surface area contributed by atoms with E-state index < -0.39 is 29.1 Å². The normalized spacial score (nSPS) is 9.43. The summed E-state index contributed by atoms with van der Waals surface area (Å²) in [6, 6.07) is 8.63. The largest absolute Gasteiger partial charge is 0.508 e. The molecule has 21 heavy (non-hydrogen) atoms. The van der Waals surface area contributed by atoms with E-state index in [-0.39, 0.29) is 11.3 Å². The molecule has 0 atom stereocenters. The van der Waals surface area contributed by atoms with Crippen LogP contribution in [0.1, 0.15) is 20.7 Å². The van der Waals surface area contributed by atoms with Crippen molar-refractivity contribution in [3.63, 3.8) is 0 Å². The van der Waals surface area contributed by atoms with Gasteiger partial charge in [0.15, 0.2) is 11.6 Å². The molecule has 0 saturated heterocycles. The monoisotopic (exact) mass is 295 g/mol. The molecule has 0 fully saturated rings. The minimum absolute atomic E-state index is 0.0741. The van der Waals surface area contributed by atoms with Crippen molar-refractivity contribution >= 4 is 11.9 Å². The molecule has 2 aromatic rings. The van der Waals surface area contributed by atoms with Gasteiger partial charge in [-0.25, -0.2) is 13.6 Å². The lowest BCUT2D eigenvalue weighted by Gasteiger charge is -1.96. The molecule has 110 valence electrons. The number of halogens is 2. The Labute approximate surface area is 118 Å². The van der Waals surface area contributed by atoms with Gasteiger partial charge in [-0.3, -0.25) is 4.79 Å². The van der Waals surface area contributed by atoms with Crippen LogP contribution in [0.2, 0.25) is 0 Å². The Balaban J connectivity index is 0.000000211. The van der Waals surface area contributed by atoms with Crippen LogP contribution in [0.4, 0.5) is 8.78 Å². The number of aromatic hydroxyl groups is 1. The van der Waals surface area contributed by atoms with Gasteiger partial charge in [-0.2, -0.15) is 0 Å². The molecule has 0 bridgehead atoms. The average Bonchev–Trinajstić information content (AvgIpc) is 2.42. The molecule has 0 saturated carbocycles. The van der Waals surface area contributed by atoms with Gasteiger partial charge in [-0.05, 0) is 36.4 Å². The molecule has 0 aromatic heterocycles. The maximum Gasteiger partial charge on any atom is 0.335 e. The summed E-state index contributed by atoms with van der Waals surface area (Å²) in [5.74, 6) is -4.15. The van der Waals surface area contributed by atoms with Crippen LogP contribution in [0, 0.1) is 11.6 Å². The van der Waals surface area contributed by atoms with Crippen molar-refractivity contribution in [2.45, 2.75) is 0 Å². The summed E-state index contributed by atoms with van der Waals surface area (Å²) in [6.45, 7) is 0. The highest BCUT2D eigenvalue weighted by Crippen LogP contribution is 2.10. The van der Waals surface area contributed by atoms with Gasteiger partial charge >= 0.3 is 5.97 Å². The molecule has 7 heteroatoms. The van der Waals surface area contributed by atoms with Crippen molar-refractivity contribution in [1.29, 1.82) is 0 Å². The number of primary amides is 1. The van der Waals surface area contributed by atoms with Crippen LogP contribution in [0.25, 0.3) is 0 Å². The Morgan fingerprint density at radius 3 is 2.00 bits per heavy atom. The van der Waals surface area contributed by atoms with Crippen molar-refractivity contribution in [3.8, 4) is 5.75 Å². The van der Waals surface area contributed by atoms with Crippen molar-refractivity contribution in [1.82, 2.24) is 0 Å². The first-order valence-corrected chi connectivity index (χ1v) is 5.59. The van der Waals surface area contributed by atoms with Crippen LogP contribution >= 0.6 is 0 Å². The molecule has 0 heterocycles. The van der Waals surface area contributed by atoms with Crippen LogP contribution in [0.15, 0.2) is 42.5 Å². The summed E-state index contributed by atoms with van der Waals surface area (Å²) in [7, 11) is 0. The SMILES string of the molecule is NC(=O)c1cccc(F)c1F.O=C(O)c1ccc(O)cc1. The van der Waals surface area contributed by atoms with Crippen molar-refractivity contribution in [3.05, 3.63) is 65.2 Å². The molecule has 2 rings (SSSR count). The first-order valence-electron chi connectivity index (χ1n) is 5.59. The highest BCUT2D eigenvalue weighted by Gasteiger charge is 2.10. The van der Waals surface area contributed by atoms with E-state index in [0.717, 1.165) is 12.1 Å². The molecule has 0 aliphatic rings. The molecule has 2 aromatic carbocycles. The number of carboxylic acids is 1. The predicted molar refractivity (Wildman–Crippen MR) is 69.9 cm³/mol. The zero-order valence-electron chi connectivity index (χ0n) is 10.6. The topological polar surface area (TPSA) is 101 Å². The molecular weight excluding hydrogens is 284 g/mol. The summed E-state index contributed by atoms with van der Waals surface area (Å²) in [6.07, 6.45) is 0. The number of phenolic OH excluding ortho intramolecular Hbond substituents is 1. The van der Waals surface area contributed by atoms with E-state index in [4.69, 9.17) is 15.9 Å². The van der Waals surface area contributed by atoms with Crippen LogP contribution in [0.5, 0.6) is 5.75 Å². The third-order valence-electron chi connectivity index (χ3n) is 2.33. The molecule has 0 unspecified atom stereocenters. The lowest BCUT2D eigenvalue weighted by molar-refractivity contribution is 0.0696. The highest BCUT2D eigenvalue weighted by molar-refractivity contribution is 5.93. The second-order valence-corrected chi connectivity index (χ2v) is 3.82. The van der Waals surface area contributed by atoms with E-state index in [1.165, 1.54) is 30.3 Å². The first kappa shape index (κ1) is 16.1. The first-order chi connectivity index (χ1) is 9.82. The van der Waals surface area contributed by atoms with E-state index in [2.05, 4.69) is 0 Å². The summed E-state index contributed by atoms with van der Waals surface area (Å²) in [5, 5.41) is 17.1. The van der Waals surface area contributed by atoms with Gasteiger partial charge in [0.1, 0.15) is 5.75 Å². The van der Waals surface area contributed by atoms with E-state index in [1.54, 1.807) is 0 Å². The number of carbonyl (C=O) groups excluding carboxylic acids is 1. The molecule has 0 spiro atoms. The Bertz CT molecular complexity index is 657. The Hall–Kier alpha value is -2.96. The Morgan fingerprint density at radius 1 is 1.00 bits per heavy atom. The molecule has 0 aliphatic heterocycles. The number of phenols is 1. The number of hydrogen-bond acceptors (Lipinski definition) is 3. The molecule has 5 nitrogen and oxygen atoms in total. The van der Waals surface area contributed by atoms with Crippen molar-refractivity contribution < 1.29 is 28.6 Å².